The summed E-state index contributed by atoms with van der Waals surface area (Å²) in [6.45, 7) is 1.60. The maximum Gasteiger partial charge on any atom is 0.314 e. The van der Waals surface area contributed by atoms with Crippen molar-refractivity contribution in [2.45, 2.75) is 6.92 Å². The molecule has 0 saturated heterocycles. The average molecular weight is 267 g/mol. The third-order valence-electron chi connectivity index (χ3n) is 2.21. The highest BCUT2D eigenvalue weighted by Gasteiger charge is 2.16. The van der Waals surface area contributed by atoms with Gasteiger partial charge >= 0.3 is 6.08 Å². The van der Waals surface area contributed by atoms with Crippen molar-refractivity contribution in [1.82, 2.24) is 9.97 Å². The van der Waals surface area contributed by atoms with Crippen LogP contribution in [-0.4, -0.2) is 15.7 Å². The molecule has 2 aromatic rings. The van der Waals surface area contributed by atoms with E-state index in [-0.39, 0.29) is 0 Å². The van der Waals surface area contributed by atoms with Gasteiger partial charge in [0.1, 0.15) is 0 Å². The lowest BCUT2D eigenvalue weighted by Gasteiger charge is -2.02. The van der Waals surface area contributed by atoms with Gasteiger partial charge in [-0.25, -0.2) is 0 Å². The van der Waals surface area contributed by atoms with E-state index in [1.54, 1.807) is 31.2 Å². The topological polar surface area (TPSA) is 47.4 Å². The second-order valence-corrected chi connectivity index (χ2v) is 3.54. The summed E-state index contributed by atoms with van der Waals surface area (Å²) >= 11 is 0. The molecule has 19 heavy (non-hydrogen) atoms. The Kier molecular flexibility index (Phi) is 3.74. The highest BCUT2D eigenvalue weighted by Crippen LogP contribution is 2.16. The molecule has 1 heterocycles. The number of nitrogens with zero attached hydrogens (tertiary/aromatic N) is 3. The van der Waals surface area contributed by atoms with Crippen molar-refractivity contribution in [2.75, 3.05) is 0 Å². The highest BCUT2D eigenvalue weighted by molar-refractivity contribution is 5.98. The number of benzene rings is 1. The molecule has 0 fully saturated rings. The van der Waals surface area contributed by atoms with Gasteiger partial charge in [0.2, 0.25) is 5.82 Å². The normalized spacial score (nSPS) is 11.5. The molecule has 0 atom stereocenters. The number of aromatic nitrogens is 2. The Labute approximate surface area is 106 Å². The lowest BCUT2D eigenvalue weighted by molar-refractivity contribution is 0.283. The van der Waals surface area contributed by atoms with Crippen molar-refractivity contribution in [1.29, 1.82) is 0 Å². The summed E-state index contributed by atoms with van der Waals surface area (Å²) in [5, 5.41) is 3.56. The zero-order chi connectivity index (χ0) is 13.8. The van der Waals surface area contributed by atoms with E-state index in [1.807, 2.05) is 6.07 Å². The molecule has 1 aromatic heterocycles. The van der Waals surface area contributed by atoms with E-state index in [4.69, 9.17) is 0 Å². The first kappa shape index (κ1) is 13.0. The Morgan fingerprint density at radius 2 is 1.79 bits per heavy atom. The summed E-state index contributed by atoms with van der Waals surface area (Å²) < 4.78 is 38.7. The van der Waals surface area contributed by atoms with Gasteiger partial charge < -0.3 is 4.84 Å². The monoisotopic (exact) mass is 267 g/mol. The fourth-order valence-electron chi connectivity index (χ4n) is 1.28. The quantitative estimate of drug-likeness (QED) is 0.372. The molecule has 0 bridgehead atoms. The standard InChI is InChI=1S/C12H8F3N3O/c1-7(8-5-3-2-4-6-8)18-19-11-9(13)10(14)16-12(15)17-11/h2-6H,1H3/b18-7+. The maximum absolute atomic E-state index is 13.2. The predicted molar refractivity (Wildman–Crippen MR) is 61.2 cm³/mol. The van der Waals surface area contributed by atoms with Crippen molar-refractivity contribution in [3.63, 3.8) is 0 Å². The van der Waals surface area contributed by atoms with E-state index in [2.05, 4.69) is 20.0 Å². The first-order valence-electron chi connectivity index (χ1n) is 5.23. The second-order valence-electron chi connectivity index (χ2n) is 3.54. The zero-order valence-corrected chi connectivity index (χ0v) is 9.77. The number of rotatable bonds is 3. The minimum absolute atomic E-state index is 0.402. The van der Waals surface area contributed by atoms with Crippen LogP contribution >= 0.6 is 0 Å². The number of hydrogen-bond donors (Lipinski definition) is 0. The molecular weight excluding hydrogens is 259 g/mol. The molecule has 0 aliphatic heterocycles. The number of oxime groups is 1. The van der Waals surface area contributed by atoms with Gasteiger partial charge in [0.25, 0.3) is 11.8 Å². The van der Waals surface area contributed by atoms with Crippen molar-refractivity contribution >= 4 is 5.71 Å². The first-order chi connectivity index (χ1) is 9.08. The molecule has 7 heteroatoms. The van der Waals surface area contributed by atoms with Crippen molar-refractivity contribution < 1.29 is 18.0 Å². The van der Waals surface area contributed by atoms with Crippen LogP contribution in [-0.2, 0) is 0 Å². The fraction of sp³-hybridized carbons (Fsp3) is 0.0833. The van der Waals surface area contributed by atoms with Gasteiger partial charge in [-0.3, -0.25) is 0 Å². The van der Waals surface area contributed by atoms with Crippen LogP contribution in [0.25, 0.3) is 0 Å². The third kappa shape index (κ3) is 3.06. The minimum Gasteiger partial charge on any atom is -0.333 e. The largest absolute Gasteiger partial charge is 0.333 e. The van der Waals surface area contributed by atoms with Gasteiger partial charge in [-0.05, 0) is 12.5 Å². The molecule has 0 saturated carbocycles. The van der Waals surface area contributed by atoms with Crippen LogP contribution in [0.2, 0.25) is 0 Å². The smallest absolute Gasteiger partial charge is 0.314 e. The molecule has 0 aliphatic carbocycles. The van der Waals surface area contributed by atoms with Gasteiger partial charge in [0, 0.05) is 0 Å². The molecule has 1 aromatic carbocycles. The molecule has 4 nitrogen and oxygen atoms in total. The molecule has 0 N–H and O–H groups in total. The van der Waals surface area contributed by atoms with Crippen LogP contribution < -0.4 is 4.84 Å². The lowest BCUT2D eigenvalue weighted by atomic mass is 10.1. The van der Waals surface area contributed by atoms with Crippen LogP contribution in [0, 0.1) is 17.8 Å². The number of halogens is 3. The summed E-state index contributed by atoms with van der Waals surface area (Å²) in [7, 11) is 0. The van der Waals surface area contributed by atoms with Crippen molar-refractivity contribution in [2.24, 2.45) is 5.16 Å². The fourth-order valence-corrected chi connectivity index (χ4v) is 1.28. The molecule has 0 radical (unpaired) electrons. The Morgan fingerprint density at radius 1 is 1.11 bits per heavy atom. The molecule has 0 spiro atoms. The van der Waals surface area contributed by atoms with Gasteiger partial charge in [0.05, 0.1) is 5.71 Å². The van der Waals surface area contributed by atoms with Crippen LogP contribution in [0.1, 0.15) is 12.5 Å². The molecule has 98 valence electrons. The van der Waals surface area contributed by atoms with E-state index in [9.17, 15) is 13.2 Å². The second kappa shape index (κ2) is 5.47. The third-order valence-corrected chi connectivity index (χ3v) is 2.21. The summed E-state index contributed by atoms with van der Waals surface area (Å²) in [4.78, 5) is 10.1. The van der Waals surface area contributed by atoms with Crippen LogP contribution in [0.3, 0.4) is 0 Å². The Morgan fingerprint density at radius 3 is 2.47 bits per heavy atom. The van der Waals surface area contributed by atoms with Gasteiger partial charge in [-0.2, -0.15) is 23.1 Å². The Hall–Kier alpha value is -2.44. The molecule has 2 rings (SSSR count). The number of hydrogen-bond acceptors (Lipinski definition) is 4. The Bertz CT molecular complexity index is 617. The van der Waals surface area contributed by atoms with Gasteiger partial charge in [-0.1, -0.05) is 35.5 Å². The summed E-state index contributed by atoms with van der Waals surface area (Å²) in [6.07, 6.45) is -1.43. The van der Waals surface area contributed by atoms with Crippen LogP contribution in [0.15, 0.2) is 35.5 Å². The summed E-state index contributed by atoms with van der Waals surface area (Å²) in [6, 6.07) is 8.86. The first-order valence-corrected chi connectivity index (χ1v) is 5.23. The van der Waals surface area contributed by atoms with Crippen molar-refractivity contribution in [3.8, 4) is 5.88 Å². The van der Waals surface area contributed by atoms with E-state index in [0.29, 0.717) is 5.71 Å². The zero-order valence-electron chi connectivity index (χ0n) is 9.77. The van der Waals surface area contributed by atoms with Gasteiger partial charge in [-0.15, -0.1) is 0 Å². The van der Waals surface area contributed by atoms with E-state index in [1.165, 1.54) is 0 Å². The predicted octanol–water partition coefficient (Wildman–Crippen LogP) is 2.70. The Balaban J connectivity index is 2.23. The van der Waals surface area contributed by atoms with Crippen LogP contribution in [0.5, 0.6) is 5.88 Å². The van der Waals surface area contributed by atoms with E-state index in [0.717, 1.165) is 5.56 Å². The SMILES string of the molecule is C/C(=N\Oc1nc(F)nc(F)c1F)c1ccccc1. The van der Waals surface area contributed by atoms with E-state index >= 15 is 0 Å². The van der Waals surface area contributed by atoms with Gasteiger partial charge in [0.15, 0.2) is 0 Å². The summed E-state index contributed by atoms with van der Waals surface area (Å²) in [5.41, 5.74) is 1.12. The molecule has 0 amide bonds. The lowest BCUT2D eigenvalue weighted by Crippen LogP contribution is -2.04. The molecule has 0 unspecified atom stereocenters. The molecule has 0 aliphatic rings. The average Bonchev–Trinajstić information content (AvgIpc) is 2.41. The minimum atomic E-state index is -1.63. The maximum atomic E-state index is 13.2. The molecular formula is C12H8F3N3O. The van der Waals surface area contributed by atoms with Crippen molar-refractivity contribution in [3.05, 3.63) is 53.7 Å². The van der Waals surface area contributed by atoms with Crippen LogP contribution in [0.4, 0.5) is 13.2 Å². The van der Waals surface area contributed by atoms with E-state index < -0.39 is 23.7 Å². The summed E-state index contributed by atoms with van der Waals surface area (Å²) in [5.74, 6) is -4.03. The highest BCUT2D eigenvalue weighted by atomic mass is 19.2.